The predicted octanol–water partition coefficient (Wildman–Crippen LogP) is 1.19. The Hall–Kier alpha value is -1.83. The van der Waals surface area contributed by atoms with Crippen LogP contribution in [-0.2, 0) is 16.0 Å². The summed E-state index contributed by atoms with van der Waals surface area (Å²) in [5.41, 5.74) is 1.25. The summed E-state index contributed by atoms with van der Waals surface area (Å²) >= 11 is 1.17. The van der Waals surface area contributed by atoms with E-state index in [1.165, 1.54) is 23.4 Å². The van der Waals surface area contributed by atoms with Gasteiger partial charge in [0.05, 0.1) is 18.6 Å². The van der Waals surface area contributed by atoms with Crippen LogP contribution in [-0.4, -0.2) is 38.4 Å². The van der Waals surface area contributed by atoms with E-state index < -0.39 is 0 Å². The number of fused-ring (bicyclic) bond motifs is 1. The molecule has 7 nitrogen and oxygen atoms in total. The normalized spacial score (nSPS) is 11.3. The first-order valence-corrected chi connectivity index (χ1v) is 7.58. The second kappa shape index (κ2) is 6.30. The fourth-order valence-electron chi connectivity index (χ4n) is 1.93. The lowest BCUT2D eigenvalue weighted by Crippen LogP contribution is -2.23. The third-order valence-electron chi connectivity index (χ3n) is 2.94. The first-order chi connectivity index (χ1) is 9.92. The van der Waals surface area contributed by atoms with Crippen molar-refractivity contribution < 1.29 is 9.53 Å². The second-order valence-corrected chi connectivity index (χ2v) is 6.07. The number of nitrogens with zero attached hydrogens (tertiary/aromatic N) is 3. The smallest absolute Gasteiger partial charge is 0.316 e. The van der Waals surface area contributed by atoms with Crippen LogP contribution < -0.4 is 5.56 Å². The van der Waals surface area contributed by atoms with Gasteiger partial charge in [-0.25, -0.2) is 4.98 Å². The van der Waals surface area contributed by atoms with Gasteiger partial charge in [-0.05, 0) is 19.3 Å². The molecular formula is C13H18N4O3S. The lowest BCUT2D eigenvalue weighted by atomic mass is 10.0. The van der Waals surface area contributed by atoms with Crippen molar-refractivity contribution in [3.05, 3.63) is 21.6 Å². The van der Waals surface area contributed by atoms with Crippen LogP contribution >= 0.6 is 11.8 Å². The van der Waals surface area contributed by atoms with E-state index in [9.17, 15) is 9.59 Å². The maximum Gasteiger partial charge on any atom is 0.316 e. The Morgan fingerprint density at radius 2 is 2.14 bits per heavy atom. The van der Waals surface area contributed by atoms with E-state index in [1.807, 2.05) is 6.92 Å². The molecule has 0 aliphatic carbocycles. The van der Waals surface area contributed by atoms with Crippen LogP contribution in [0.5, 0.6) is 0 Å². The van der Waals surface area contributed by atoms with Gasteiger partial charge < -0.3 is 4.74 Å². The van der Waals surface area contributed by atoms with E-state index in [2.05, 4.69) is 33.7 Å². The number of carbonyl (C=O) groups excluding carboxylic acids is 1. The molecule has 0 aliphatic rings. The molecule has 0 saturated carbocycles. The number of esters is 1. The molecule has 0 aromatic carbocycles. The molecule has 1 N–H and O–H groups in total. The average molecular weight is 310 g/mol. The fraction of sp³-hybridized carbons (Fsp3) is 0.538. The Morgan fingerprint density at radius 3 is 2.76 bits per heavy atom. The second-order valence-electron chi connectivity index (χ2n) is 5.11. The van der Waals surface area contributed by atoms with Crippen LogP contribution in [0.4, 0.5) is 0 Å². The first kappa shape index (κ1) is 15.6. The lowest BCUT2D eigenvalue weighted by molar-refractivity contribution is -0.137. The van der Waals surface area contributed by atoms with Crippen LogP contribution in [0.3, 0.4) is 0 Å². The van der Waals surface area contributed by atoms with Crippen molar-refractivity contribution in [3.8, 4) is 0 Å². The summed E-state index contributed by atoms with van der Waals surface area (Å²) in [5, 5.41) is 3.33. The van der Waals surface area contributed by atoms with Crippen LogP contribution in [0, 0.1) is 12.8 Å². The molecule has 2 heterocycles. The molecule has 8 heteroatoms. The lowest BCUT2D eigenvalue weighted by Gasteiger charge is -2.06. The summed E-state index contributed by atoms with van der Waals surface area (Å²) in [6.45, 7) is 5.92. The van der Waals surface area contributed by atoms with E-state index in [-0.39, 0.29) is 17.3 Å². The molecule has 114 valence electrons. The molecule has 0 unspecified atom stereocenters. The molecule has 21 heavy (non-hydrogen) atoms. The Balaban J connectivity index is 2.37. The number of thioether (sulfide) groups is 1. The molecule has 2 aromatic heterocycles. The Morgan fingerprint density at radius 1 is 1.43 bits per heavy atom. The van der Waals surface area contributed by atoms with E-state index >= 15 is 0 Å². The van der Waals surface area contributed by atoms with Crippen molar-refractivity contribution in [3.63, 3.8) is 0 Å². The van der Waals surface area contributed by atoms with Crippen molar-refractivity contribution >= 4 is 23.5 Å². The van der Waals surface area contributed by atoms with Gasteiger partial charge in [-0.3, -0.25) is 14.7 Å². The molecule has 2 rings (SSSR count). The summed E-state index contributed by atoms with van der Waals surface area (Å²) in [4.78, 5) is 32.1. The van der Waals surface area contributed by atoms with Gasteiger partial charge in [0.2, 0.25) is 0 Å². The number of H-pyrrole nitrogens is 1. The van der Waals surface area contributed by atoms with E-state index in [0.29, 0.717) is 34.5 Å². The SMILES string of the molecule is COC(=O)CSc1nc2nc(C)c(CC(C)C)c(=O)n2[nH]1. The Labute approximate surface area is 126 Å². The zero-order chi connectivity index (χ0) is 15.6. The number of methoxy groups -OCH3 is 1. The van der Waals surface area contributed by atoms with Gasteiger partial charge in [0.25, 0.3) is 11.3 Å². The zero-order valence-electron chi connectivity index (χ0n) is 12.5. The Kier molecular flexibility index (Phi) is 4.66. The molecule has 0 amide bonds. The monoisotopic (exact) mass is 310 g/mol. The summed E-state index contributed by atoms with van der Waals surface area (Å²) in [6, 6.07) is 0. The number of hydrogen-bond donors (Lipinski definition) is 1. The highest BCUT2D eigenvalue weighted by molar-refractivity contribution is 7.99. The zero-order valence-corrected chi connectivity index (χ0v) is 13.3. The predicted molar refractivity (Wildman–Crippen MR) is 79.6 cm³/mol. The molecule has 2 aromatic rings. The van der Waals surface area contributed by atoms with Gasteiger partial charge in [-0.1, -0.05) is 25.6 Å². The highest BCUT2D eigenvalue weighted by Gasteiger charge is 2.15. The van der Waals surface area contributed by atoms with Gasteiger partial charge in [0, 0.05) is 5.56 Å². The topological polar surface area (TPSA) is 89.3 Å². The number of aryl methyl sites for hydroxylation is 1. The van der Waals surface area contributed by atoms with Gasteiger partial charge in [-0.2, -0.15) is 9.50 Å². The number of hydrogen-bond acceptors (Lipinski definition) is 6. The molecule has 0 bridgehead atoms. The van der Waals surface area contributed by atoms with Crippen molar-refractivity contribution in [1.82, 2.24) is 19.6 Å². The van der Waals surface area contributed by atoms with Gasteiger partial charge in [-0.15, -0.1) is 0 Å². The summed E-state index contributed by atoms with van der Waals surface area (Å²) in [7, 11) is 1.33. The number of nitrogens with one attached hydrogen (secondary N) is 1. The first-order valence-electron chi connectivity index (χ1n) is 6.60. The van der Waals surface area contributed by atoms with Crippen LogP contribution in [0.2, 0.25) is 0 Å². The summed E-state index contributed by atoms with van der Waals surface area (Å²) in [6.07, 6.45) is 0.671. The summed E-state index contributed by atoms with van der Waals surface area (Å²) < 4.78 is 5.89. The summed E-state index contributed by atoms with van der Waals surface area (Å²) in [5.74, 6) is 0.463. The van der Waals surface area contributed by atoms with Gasteiger partial charge >= 0.3 is 5.97 Å². The number of aromatic nitrogens is 4. The Bertz CT molecular complexity index is 720. The maximum absolute atomic E-state index is 12.4. The number of aromatic amines is 1. The molecule has 0 spiro atoms. The van der Waals surface area contributed by atoms with Crippen LogP contribution in [0.1, 0.15) is 25.1 Å². The quantitative estimate of drug-likeness (QED) is 0.659. The highest BCUT2D eigenvalue weighted by atomic mass is 32.2. The maximum atomic E-state index is 12.4. The average Bonchev–Trinajstić information content (AvgIpc) is 2.83. The van der Waals surface area contributed by atoms with Crippen molar-refractivity contribution in [2.75, 3.05) is 12.9 Å². The van der Waals surface area contributed by atoms with Gasteiger partial charge in [0.15, 0.2) is 5.16 Å². The molecule has 0 saturated heterocycles. The largest absolute Gasteiger partial charge is 0.468 e. The third-order valence-corrected chi connectivity index (χ3v) is 3.78. The minimum absolute atomic E-state index is 0.128. The van der Waals surface area contributed by atoms with E-state index in [0.717, 1.165) is 0 Å². The number of rotatable bonds is 5. The van der Waals surface area contributed by atoms with E-state index in [1.54, 1.807) is 0 Å². The molecule has 0 atom stereocenters. The van der Waals surface area contributed by atoms with Crippen molar-refractivity contribution in [2.45, 2.75) is 32.3 Å². The molecule has 0 aliphatic heterocycles. The van der Waals surface area contributed by atoms with Crippen LogP contribution in [0.15, 0.2) is 9.95 Å². The minimum atomic E-state index is -0.350. The standard InChI is InChI=1S/C13H18N4O3S/c1-7(2)5-9-8(3)14-12-15-13(16-17(12)11(9)19)21-6-10(18)20-4/h7H,5-6H2,1-4H3,(H,14,15,16). The van der Waals surface area contributed by atoms with E-state index in [4.69, 9.17) is 0 Å². The minimum Gasteiger partial charge on any atom is -0.468 e. The molecular weight excluding hydrogens is 292 g/mol. The number of carbonyl (C=O) groups is 1. The van der Waals surface area contributed by atoms with Crippen molar-refractivity contribution in [1.29, 1.82) is 0 Å². The molecule has 0 radical (unpaired) electrons. The third kappa shape index (κ3) is 3.44. The van der Waals surface area contributed by atoms with Crippen molar-refractivity contribution in [2.24, 2.45) is 5.92 Å². The highest BCUT2D eigenvalue weighted by Crippen LogP contribution is 2.14. The number of ether oxygens (including phenoxy) is 1. The van der Waals surface area contributed by atoms with Crippen LogP contribution in [0.25, 0.3) is 5.78 Å². The fourth-order valence-corrected chi connectivity index (χ4v) is 2.60. The molecule has 0 fully saturated rings. The van der Waals surface area contributed by atoms with Gasteiger partial charge in [0.1, 0.15) is 0 Å².